The smallest absolute Gasteiger partial charge is 0.416 e. The zero-order valence-electron chi connectivity index (χ0n) is 10.7. The quantitative estimate of drug-likeness (QED) is 0.938. The molecule has 0 saturated heterocycles. The molecular formula is C13H11F3N2O3. The maximum atomic E-state index is 12.6. The Hall–Kier alpha value is -2.35. The van der Waals surface area contributed by atoms with E-state index in [0.29, 0.717) is 0 Å². The number of aliphatic hydroxyl groups excluding tert-OH is 1. The molecule has 1 heterocycles. The second-order valence-corrected chi connectivity index (χ2v) is 4.08. The Kier molecular flexibility index (Phi) is 4.27. The van der Waals surface area contributed by atoms with Gasteiger partial charge in [-0.25, -0.2) is 4.68 Å². The van der Waals surface area contributed by atoms with Gasteiger partial charge in [0.05, 0.1) is 18.7 Å². The van der Waals surface area contributed by atoms with Crippen LogP contribution in [0.5, 0.6) is 11.6 Å². The van der Waals surface area contributed by atoms with Crippen molar-refractivity contribution in [2.45, 2.75) is 12.7 Å². The second kappa shape index (κ2) is 5.96. The summed E-state index contributed by atoms with van der Waals surface area (Å²) in [6, 6.07) is 6.72. The van der Waals surface area contributed by atoms with Gasteiger partial charge in [0.25, 0.3) is 5.56 Å². The molecule has 0 unspecified atom stereocenters. The van der Waals surface area contributed by atoms with Gasteiger partial charge in [0.2, 0.25) is 5.88 Å². The van der Waals surface area contributed by atoms with Crippen molar-refractivity contribution in [2.75, 3.05) is 6.61 Å². The number of alkyl halides is 3. The first kappa shape index (κ1) is 15.0. The number of aliphatic hydroxyl groups is 1. The van der Waals surface area contributed by atoms with Gasteiger partial charge in [-0.2, -0.15) is 13.2 Å². The third-order valence-electron chi connectivity index (χ3n) is 2.54. The molecule has 21 heavy (non-hydrogen) atoms. The molecule has 2 aromatic rings. The number of nitrogens with zero attached hydrogens (tertiary/aromatic N) is 2. The summed E-state index contributed by atoms with van der Waals surface area (Å²) in [4.78, 5) is 11.4. The van der Waals surface area contributed by atoms with E-state index in [4.69, 9.17) is 9.84 Å². The van der Waals surface area contributed by atoms with Crippen molar-refractivity contribution in [3.63, 3.8) is 0 Å². The van der Waals surface area contributed by atoms with Crippen molar-refractivity contribution in [3.05, 3.63) is 52.3 Å². The van der Waals surface area contributed by atoms with E-state index in [0.717, 1.165) is 22.9 Å². The summed E-state index contributed by atoms with van der Waals surface area (Å²) in [6.07, 6.45) is -4.47. The summed E-state index contributed by atoms with van der Waals surface area (Å²) in [5.41, 5.74) is -1.29. The van der Waals surface area contributed by atoms with Crippen molar-refractivity contribution in [3.8, 4) is 11.6 Å². The Labute approximate surface area is 117 Å². The van der Waals surface area contributed by atoms with Gasteiger partial charge < -0.3 is 9.84 Å². The SMILES string of the molecule is O=c1ccc(Oc2cccc(C(F)(F)F)c2)nn1CCO. The Morgan fingerprint density at radius 3 is 2.67 bits per heavy atom. The third-order valence-corrected chi connectivity index (χ3v) is 2.54. The molecule has 1 aromatic heterocycles. The maximum absolute atomic E-state index is 12.6. The standard InChI is InChI=1S/C13H11F3N2O3/c14-13(15,16)9-2-1-3-10(8-9)21-11-4-5-12(20)18(17-11)6-7-19/h1-5,8,19H,6-7H2. The molecule has 8 heteroatoms. The predicted octanol–water partition coefficient (Wildman–Crippen LogP) is 2.05. The highest BCUT2D eigenvalue weighted by Gasteiger charge is 2.30. The number of benzene rings is 1. The van der Waals surface area contributed by atoms with Gasteiger partial charge in [-0.15, -0.1) is 5.10 Å². The van der Waals surface area contributed by atoms with E-state index in [2.05, 4.69) is 5.10 Å². The van der Waals surface area contributed by atoms with Gasteiger partial charge in [-0.1, -0.05) is 6.07 Å². The van der Waals surface area contributed by atoms with Gasteiger partial charge in [-0.05, 0) is 18.2 Å². The van der Waals surface area contributed by atoms with Crippen LogP contribution in [0.3, 0.4) is 0 Å². The molecule has 0 spiro atoms. The molecule has 0 aliphatic rings. The lowest BCUT2D eigenvalue weighted by molar-refractivity contribution is -0.137. The molecule has 0 saturated carbocycles. The van der Waals surface area contributed by atoms with Gasteiger partial charge in [0.1, 0.15) is 5.75 Å². The highest BCUT2D eigenvalue weighted by Crippen LogP contribution is 2.32. The molecule has 2 rings (SSSR count). The zero-order chi connectivity index (χ0) is 15.5. The van der Waals surface area contributed by atoms with Crippen molar-refractivity contribution >= 4 is 0 Å². The fourth-order valence-electron chi connectivity index (χ4n) is 1.60. The van der Waals surface area contributed by atoms with E-state index >= 15 is 0 Å². The second-order valence-electron chi connectivity index (χ2n) is 4.08. The first-order valence-corrected chi connectivity index (χ1v) is 5.94. The molecule has 5 nitrogen and oxygen atoms in total. The van der Waals surface area contributed by atoms with Crippen LogP contribution in [-0.4, -0.2) is 21.5 Å². The number of hydrogen-bond acceptors (Lipinski definition) is 4. The summed E-state index contributed by atoms with van der Waals surface area (Å²) in [6.45, 7) is -0.321. The highest BCUT2D eigenvalue weighted by molar-refractivity contribution is 5.32. The van der Waals surface area contributed by atoms with E-state index in [1.54, 1.807) is 0 Å². The first-order valence-electron chi connectivity index (χ1n) is 5.94. The summed E-state index contributed by atoms with van der Waals surface area (Å²) < 4.78 is 43.9. The Morgan fingerprint density at radius 2 is 2.00 bits per heavy atom. The summed E-state index contributed by atoms with van der Waals surface area (Å²) in [5.74, 6) is -0.0890. The highest BCUT2D eigenvalue weighted by atomic mass is 19.4. The van der Waals surface area contributed by atoms with E-state index in [9.17, 15) is 18.0 Å². The molecule has 112 valence electrons. The predicted molar refractivity (Wildman–Crippen MR) is 67.1 cm³/mol. The number of ether oxygens (including phenoxy) is 1. The molecule has 1 aromatic carbocycles. The Morgan fingerprint density at radius 1 is 1.24 bits per heavy atom. The topological polar surface area (TPSA) is 64.3 Å². The average molecular weight is 300 g/mol. The lowest BCUT2D eigenvalue weighted by Crippen LogP contribution is -2.23. The van der Waals surface area contributed by atoms with Crippen LogP contribution in [-0.2, 0) is 12.7 Å². The molecule has 0 aliphatic carbocycles. The lowest BCUT2D eigenvalue weighted by Gasteiger charge is -2.10. The number of aromatic nitrogens is 2. The monoisotopic (exact) mass is 300 g/mol. The average Bonchev–Trinajstić information content (AvgIpc) is 2.42. The van der Waals surface area contributed by atoms with Crippen LogP contribution in [0.15, 0.2) is 41.2 Å². The van der Waals surface area contributed by atoms with Crippen LogP contribution in [0.2, 0.25) is 0 Å². The van der Waals surface area contributed by atoms with Crippen LogP contribution >= 0.6 is 0 Å². The molecular weight excluding hydrogens is 289 g/mol. The van der Waals surface area contributed by atoms with E-state index in [1.807, 2.05) is 0 Å². The largest absolute Gasteiger partial charge is 0.438 e. The van der Waals surface area contributed by atoms with Crippen LogP contribution in [0.25, 0.3) is 0 Å². The Balaban J connectivity index is 2.26. The fourth-order valence-corrected chi connectivity index (χ4v) is 1.60. The van der Waals surface area contributed by atoms with E-state index in [-0.39, 0.29) is 24.8 Å². The molecule has 0 radical (unpaired) electrons. The van der Waals surface area contributed by atoms with Crippen LogP contribution < -0.4 is 10.3 Å². The van der Waals surface area contributed by atoms with E-state index < -0.39 is 17.3 Å². The van der Waals surface area contributed by atoms with Crippen molar-refractivity contribution in [1.29, 1.82) is 0 Å². The Bertz CT molecular complexity index is 683. The summed E-state index contributed by atoms with van der Waals surface area (Å²) in [5, 5.41) is 12.6. The first-order chi connectivity index (χ1) is 9.90. The van der Waals surface area contributed by atoms with Gasteiger partial charge in [-0.3, -0.25) is 4.79 Å². The minimum Gasteiger partial charge on any atom is -0.438 e. The van der Waals surface area contributed by atoms with E-state index in [1.165, 1.54) is 18.2 Å². The molecule has 0 atom stereocenters. The number of hydrogen-bond donors (Lipinski definition) is 1. The number of halogens is 3. The molecule has 0 bridgehead atoms. The lowest BCUT2D eigenvalue weighted by atomic mass is 10.2. The summed E-state index contributed by atoms with van der Waals surface area (Å²) >= 11 is 0. The van der Waals surface area contributed by atoms with Crippen LogP contribution in [0.1, 0.15) is 5.56 Å². The van der Waals surface area contributed by atoms with Gasteiger partial charge >= 0.3 is 6.18 Å². The molecule has 0 amide bonds. The minimum atomic E-state index is -4.47. The molecule has 1 N–H and O–H groups in total. The van der Waals surface area contributed by atoms with Crippen LogP contribution in [0, 0.1) is 0 Å². The fraction of sp³-hybridized carbons (Fsp3) is 0.231. The normalized spacial score (nSPS) is 11.4. The van der Waals surface area contributed by atoms with Crippen molar-refractivity contribution in [1.82, 2.24) is 9.78 Å². The molecule has 0 aliphatic heterocycles. The summed E-state index contributed by atoms with van der Waals surface area (Å²) in [7, 11) is 0. The van der Waals surface area contributed by atoms with Crippen LogP contribution in [0.4, 0.5) is 13.2 Å². The molecule has 0 fully saturated rings. The minimum absolute atomic E-state index is 0.0291. The zero-order valence-corrected chi connectivity index (χ0v) is 10.7. The maximum Gasteiger partial charge on any atom is 0.416 e. The van der Waals surface area contributed by atoms with Gasteiger partial charge in [0.15, 0.2) is 0 Å². The van der Waals surface area contributed by atoms with Crippen molar-refractivity contribution in [2.24, 2.45) is 0 Å². The number of rotatable bonds is 4. The van der Waals surface area contributed by atoms with Gasteiger partial charge in [0, 0.05) is 12.1 Å². The third kappa shape index (κ3) is 3.82. The van der Waals surface area contributed by atoms with Crippen molar-refractivity contribution < 1.29 is 23.0 Å².